The molecule has 6 nitrogen and oxygen atoms in total. The van der Waals surface area contributed by atoms with E-state index < -0.39 is 0 Å². The molecular formula is C28H31N3O3S. The van der Waals surface area contributed by atoms with Crippen molar-refractivity contribution in [2.24, 2.45) is 0 Å². The standard InChI is InChI=1S/C28H31N3O3S/c1-2-3-4-5-9-20-34-25-18-12-22(13-19-25)27(33)31-28(35)30-24-16-14-23(15-17-24)29-26(32)21-10-7-6-8-11-21/h6-8,10-19H,2-5,9,20H2,1H3,(H,29,32)(H2,30,31,33,35). The molecule has 0 saturated heterocycles. The van der Waals surface area contributed by atoms with Gasteiger partial charge in [0.1, 0.15) is 5.75 Å². The molecule has 0 aliphatic heterocycles. The number of carbonyl (C=O) groups excluding carboxylic acids is 2. The van der Waals surface area contributed by atoms with Gasteiger partial charge in [0.25, 0.3) is 11.8 Å². The van der Waals surface area contributed by atoms with Crippen LogP contribution in [-0.4, -0.2) is 23.5 Å². The molecule has 3 aromatic carbocycles. The van der Waals surface area contributed by atoms with Crippen molar-refractivity contribution in [2.75, 3.05) is 17.2 Å². The largest absolute Gasteiger partial charge is 0.494 e. The monoisotopic (exact) mass is 489 g/mol. The van der Waals surface area contributed by atoms with Crippen LogP contribution >= 0.6 is 12.2 Å². The lowest BCUT2D eigenvalue weighted by Gasteiger charge is -2.11. The molecule has 0 aliphatic carbocycles. The van der Waals surface area contributed by atoms with Gasteiger partial charge in [-0.05, 0) is 79.3 Å². The zero-order valence-electron chi connectivity index (χ0n) is 19.9. The molecular weight excluding hydrogens is 458 g/mol. The fourth-order valence-electron chi connectivity index (χ4n) is 3.37. The zero-order valence-corrected chi connectivity index (χ0v) is 20.7. The quantitative estimate of drug-likeness (QED) is 0.214. The summed E-state index contributed by atoms with van der Waals surface area (Å²) in [5.74, 6) is 0.259. The Morgan fingerprint density at radius 2 is 1.31 bits per heavy atom. The van der Waals surface area contributed by atoms with Gasteiger partial charge in [0.15, 0.2) is 5.11 Å². The van der Waals surface area contributed by atoms with E-state index in [2.05, 4.69) is 22.9 Å². The summed E-state index contributed by atoms with van der Waals surface area (Å²) >= 11 is 5.27. The van der Waals surface area contributed by atoms with Crippen LogP contribution in [0.2, 0.25) is 0 Å². The van der Waals surface area contributed by atoms with Crippen LogP contribution in [-0.2, 0) is 0 Å². The fraction of sp³-hybridized carbons (Fsp3) is 0.250. The lowest BCUT2D eigenvalue weighted by atomic mass is 10.2. The normalized spacial score (nSPS) is 10.3. The second kappa shape index (κ2) is 13.9. The number of anilines is 2. The maximum absolute atomic E-state index is 12.5. The number of benzene rings is 3. The topological polar surface area (TPSA) is 79.5 Å². The molecule has 0 bridgehead atoms. The first kappa shape index (κ1) is 25.9. The molecule has 2 amide bonds. The summed E-state index contributed by atoms with van der Waals surface area (Å²) in [5.41, 5.74) is 2.42. The van der Waals surface area contributed by atoms with Crippen LogP contribution in [0.4, 0.5) is 11.4 Å². The van der Waals surface area contributed by atoms with E-state index in [1.54, 1.807) is 60.7 Å². The van der Waals surface area contributed by atoms with Gasteiger partial charge in [-0.3, -0.25) is 14.9 Å². The Bertz CT molecular complexity index is 1100. The summed E-state index contributed by atoms with van der Waals surface area (Å²) in [6.45, 7) is 2.88. The van der Waals surface area contributed by atoms with Gasteiger partial charge >= 0.3 is 0 Å². The summed E-state index contributed by atoms with van der Waals surface area (Å²) in [6.07, 6.45) is 5.93. The second-order valence-corrected chi connectivity index (χ2v) is 8.50. The van der Waals surface area contributed by atoms with Gasteiger partial charge in [-0.2, -0.15) is 0 Å². The van der Waals surface area contributed by atoms with Crippen molar-refractivity contribution in [2.45, 2.75) is 39.0 Å². The fourth-order valence-corrected chi connectivity index (χ4v) is 3.58. The van der Waals surface area contributed by atoms with Crippen molar-refractivity contribution in [1.29, 1.82) is 0 Å². The third-order valence-corrected chi connectivity index (χ3v) is 5.50. The molecule has 3 rings (SSSR count). The molecule has 0 fully saturated rings. The Labute approximate surface area is 212 Å². The Balaban J connectivity index is 1.42. The van der Waals surface area contributed by atoms with E-state index in [9.17, 15) is 9.59 Å². The molecule has 3 N–H and O–H groups in total. The minimum Gasteiger partial charge on any atom is -0.494 e. The third-order valence-electron chi connectivity index (χ3n) is 5.30. The maximum Gasteiger partial charge on any atom is 0.257 e. The predicted octanol–water partition coefficient (Wildman–Crippen LogP) is 6.41. The summed E-state index contributed by atoms with van der Waals surface area (Å²) in [5, 5.41) is 8.68. The summed E-state index contributed by atoms with van der Waals surface area (Å²) in [6, 6.07) is 23.1. The number of hydrogen-bond donors (Lipinski definition) is 3. The SMILES string of the molecule is CCCCCCCOc1ccc(C(=O)NC(=S)Nc2ccc(NC(=O)c3ccccc3)cc2)cc1. The Morgan fingerprint density at radius 3 is 1.97 bits per heavy atom. The van der Waals surface area contributed by atoms with E-state index in [1.807, 2.05) is 18.2 Å². The number of hydrogen-bond acceptors (Lipinski definition) is 4. The van der Waals surface area contributed by atoms with Gasteiger partial charge in [0.05, 0.1) is 6.61 Å². The van der Waals surface area contributed by atoms with Crippen LogP contribution in [0, 0.1) is 0 Å². The molecule has 7 heteroatoms. The molecule has 0 saturated carbocycles. The van der Waals surface area contributed by atoms with Crippen LogP contribution < -0.4 is 20.7 Å². The number of ether oxygens (including phenoxy) is 1. The highest BCUT2D eigenvalue weighted by Gasteiger charge is 2.09. The molecule has 35 heavy (non-hydrogen) atoms. The number of amides is 2. The first-order valence-corrected chi connectivity index (χ1v) is 12.3. The van der Waals surface area contributed by atoms with Gasteiger partial charge in [-0.1, -0.05) is 50.8 Å². The van der Waals surface area contributed by atoms with Crippen LogP contribution in [0.15, 0.2) is 78.9 Å². The van der Waals surface area contributed by atoms with Crippen LogP contribution in [0.1, 0.15) is 59.7 Å². The number of unbranched alkanes of at least 4 members (excludes halogenated alkanes) is 4. The van der Waals surface area contributed by atoms with E-state index in [-0.39, 0.29) is 16.9 Å². The van der Waals surface area contributed by atoms with Crippen molar-refractivity contribution in [3.63, 3.8) is 0 Å². The smallest absolute Gasteiger partial charge is 0.257 e. The third kappa shape index (κ3) is 8.87. The molecule has 3 aromatic rings. The summed E-state index contributed by atoms with van der Waals surface area (Å²) in [7, 11) is 0. The van der Waals surface area contributed by atoms with Gasteiger partial charge in [-0.25, -0.2) is 0 Å². The molecule has 0 aromatic heterocycles. The van der Waals surface area contributed by atoms with Crippen molar-refractivity contribution in [3.05, 3.63) is 90.0 Å². The van der Waals surface area contributed by atoms with Crippen molar-refractivity contribution < 1.29 is 14.3 Å². The molecule has 0 unspecified atom stereocenters. The lowest BCUT2D eigenvalue weighted by Crippen LogP contribution is -2.34. The molecule has 0 heterocycles. The number of rotatable bonds is 11. The van der Waals surface area contributed by atoms with Crippen LogP contribution in [0.5, 0.6) is 5.75 Å². The van der Waals surface area contributed by atoms with E-state index in [0.717, 1.165) is 12.2 Å². The van der Waals surface area contributed by atoms with Gasteiger partial charge < -0.3 is 15.4 Å². The van der Waals surface area contributed by atoms with Crippen molar-refractivity contribution in [1.82, 2.24) is 5.32 Å². The minimum absolute atomic E-state index is 0.183. The average molecular weight is 490 g/mol. The minimum atomic E-state index is -0.305. The molecule has 0 radical (unpaired) electrons. The Hall–Kier alpha value is -3.71. The highest BCUT2D eigenvalue weighted by Crippen LogP contribution is 2.16. The van der Waals surface area contributed by atoms with Gasteiger partial charge in [0, 0.05) is 22.5 Å². The average Bonchev–Trinajstić information content (AvgIpc) is 2.88. The van der Waals surface area contributed by atoms with E-state index in [0.29, 0.717) is 29.1 Å². The number of nitrogens with one attached hydrogen (secondary N) is 3. The number of thiocarbonyl (C=S) groups is 1. The van der Waals surface area contributed by atoms with E-state index in [4.69, 9.17) is 17.0 Å². The number of carbonyl (C=O) groups is 2. The molecule has 0 aliphatic rings. The maximum atomic E-state index is 12.5. The summed E-state index contributed by atoms with van der Waals surface area (Å²) < 4.78 is 5.74. The Morgan fingerprint density at radius 1 is 0.714 bits per heavy atom. The van der Waals surface area contributed by atoms with Crippen molar-refractivity contribution >= 4 is 40.5 Å². The second-order valence-electron chi connectivity index (χ2n) is 8.09. The van der Waals surface area contributed by atoms with Gasteiger partial charge in [-0.15, -0.1) is 0 Å². The zero-order chi connectivity index (χ0) is 24.9. The first-order chi connectivity index (χ1) is 17.0. The van der Waals surface area contributed by atoms with Gasteiger partial charge in [0.2, 0.25) is 0 Å². The van der Waals surface area contributed by atoms with Crippen LogP contribution in [0.3, 0.4) is 0 Å². The highest BCUT2D eigenvalue weighted by atomic mass is 32.1. The van der Waals surface area contributed by atoms with E-state index in [1.165, 1.54) is 25.7 Å². The Kier molecular flexibility index (Phi) is 10.3. The molecule has 0 atom stereocenters. The first-order valence-electron chi connectivity index (χ1n) is 11.9. The lowest BCUT2D eigenvalue weighted by molar-refractivity contribution is 0.0976. The van der Waals surface area contributed by atoms with Crippen LogP contribution in [0.25, 0.3) is 0 Å². The molecule has 182 valence electrons. The van der Waals surface area contributed by atoms with E-state index >= 15 is 0 Å². The highest BCUT2D eigenvalue weighted by molar-refractivity contribution is 7.80. The van der Waals surface area contributed by atoms with Crippen molar-refractivity contribution in [3.8, 4) is 5.75 Å². The summed E-state index contributed by atoms with van der Waals surface area (Å²) in [4.78, 5) is 24.8. The predicted molar refractivity (Wildman–Crippen MR) is 145 cm³/mol. The molecule has 0 spiro atoms.